The van der Waals surface area contributed by atoms with Crippen LogP contribution in [0.5, 0.6) is 0 Å². The molecule has 0 fully saturated rings. The predicted octanol–water partition coefficient (Wildman–Crippen LogP) is 3.41. The van der Waals surface area contributed by atoms with Gasteiger partial charge in [-0.3, -0.25) is 9.69 Å². The lowest BCUT2D eigenvalue weighted by Crippen LogP contribution is -2.25. The molecule has 21 heavy (non-hydrogen) atoms. The van der Waals surface area contributed by atoms with Crippen LogP contribution in [-0.4, -0.2) is 22.1 Å². The Bertz CT molecular complexity index is 729. The molecule has 0 aliphatic carbocycles. The van der Waals surface area contributed by atoms with E-state index >= 15 is 0 Å². The van der Waals surface area contributed by atoms with Gasteiger partial charge in [0.15, 0.2) is 11.0 Å². The van der Waals surface area contributed by atoms with Crippen LogP contribution in [0.25, 0.3) is 0 Å². The first-order chi connectivity index (χ1) is 10.1. The summed E-state index contributed by atoms with van der Waals surface area (Å²) in [4.78, 5) is 21.7. The van der Waals surface area contributed by atoms with Gasteiger partial charge in [0.2, 0.25) is 5.91 Å². The molecule has 0 saturated carbocycles. The maximum absolute atomic E-state index is 12.0. The van der Waals surface area contributed by atoms with Gasteiger partial charge in [0.25, 0.3) is 0 Å². The fourth-order valence-electron chi connectivity index (χ4n) is 1.77. The minimum atomic E-state index is -0.264. The normalized spacial score (nSPS) is 10.0. The van der Waals surface area contributed by atoms with Gasteiger partial charge in [-0.2, -0.15) is 5.26 Å². The monoisotopic (exact) mass is 318 g/mol. The SMILES string of the molecule is CSc1ncc(C#N)c(N(C(C)=O)c2cccc(Cl)c2)n1. The molecule has 106 valence electrons. The Kier molecular flexibility index (Phi) is 4.78. The molecular weight excluding hydrogens is 308 g/mol. The molecule has 2 rings (SSSR count). The molecule has 0 aliphatic rings. The lowest BCUT2D eigenvalue weighted by atomic mass is 10.2. The zero-order chi connectivity index (χ0) is 15.4. The number of nitrogens with zero attached hydrogens (tertiary/aromatic N) is 4. The highest BCUT2D eigenvalue weighted by molar-refractivity contribution is 7.98. The van der Waals surface area contributed by atoms with Crippen LogP contribution in [-0.2, 0) is 4.79 Å². The van der Waals surface area contributed by atoms with E-state index in [4.69, 9.17) is 11.6 Å². The Morgan fingerprint density at radius 1 is 1.48 bits per heavy atom. The summed E-state index contributed by atoms with van der Waals surface area (Å²) in [5.41, 5.74) is 0.778. The number of thioether (sulfide) groups is 1. The molecule has 1 aromatic carbocycles. The van der Waals surface area contributed by atoms with Gasteiger partial charge in [0, 0.05) is 11.9 Å². The smallest absolute Gasteiger partial charge is 0.229 e. The molecule has 5 nitrogen and oxygen atoms in total. The van der Waals surface area contributed by atoms with Gasteiger partial charge in [-0.25, -0.2) is 9.97 Å². The summed E-state index contributed by atoms with van der Waals surface area (Å²) in [7, 11) is 0. The lowest BCUT2D eigenvalue weighted by Gasteiger charge is -2.21. The molecule has 0 atom stereocenters. The van der Waals surface area contributed by atoms with Crippen molar-refractivity contribution in [3.8, 4) is 6.07 Å². The Morgan fingerprint density at radius 3 is 2.81 bits per heavy atom. The van der Waals surface area contributed by atoms with Crippen LogP contribution in [0.1, 0.15) is 12.5 Å². The van der Waals surface area contributed by atoms with Crippen molar-refractivity contribution in [3.05, 3.63) is 41.0 Å². The van der Waals surface area contributed by atoms with E-state index in [1.165, 1.54) is 29.8 Å². The number of halogens is 1. The number of carbonyl (C=O) groups excluding carboxylic acids is 1. The van der Waals surface area contributed by atoms with Crippen LogP contribution >= 0.6 is 23.4 Å². The molecule has 1 heterocycles. The second-order valence-corrected chi connectivity index (χ2v) is 5.25. The highest BCUT2D eigenvalue weighted by Gasteiger charge is 2.20. The molecular formula is C14H11ClN4OS. The maximum Gasteiger partial charge on any atom is 0.229 e. The summed E-state index contributed by atoms with van der Waals surface area (Å²) < 4.78 is 0. The fraction of sp³-hybridized carbons (Fsp3) is 0.143. The summed E-state index contributed by atoms with van der Waals surface area (Å²) in [5.74, 6) is -0.00821. The van der Waals surface area contributed by atoms with Gasteiger partial charge in [-0.1, -0.05) is 29.4 Å². The van der Waals surface area contributed by atoms with E-state index in [2.05, 4.69) is 9.97 Å². The van der Waals surface area contributed by atoms with Crippen LogP contribution in [0.2, 0.25) is 5.02 Å². The van der Waals surface area contributed by atoms with Gasteiger partial charge >= 0.3 is 0 Å². The van der Waals surface area contributed by atoms with Crippen LogP contribution in [0.15, 0.2) is 35.6 Å². The number of hydrogen-bond donors (Lipinski definition) is 0. The summed E-state index contributed by atoms with van der Waals surface area (Å²) in [6.45, 7) is 1.41. The first kappa shape index (κ1) is 15.3. The summed E-state index contributed by atoms with van der Waals surface area (Å²) in [6.07, 6.45) is 3.23. The first-order valence-electron chi connectivity index (χ1n) is 5.94. The highest BCUT2D eigenvalue weighted by Crippen LogP contribution is 2.29. The summed E-state index contributed by atoms with van der Waals surface area (Å²) >= 11 is 7.31. The number of benzene rings is 1. The molecule has 0 unspecified atom stereocenters. The predicted molar refractivity (Wildman–Crippen MR) is 82.8 cm³/mol. The Labute approximate surface area is 131 Å². The van der Waals surface area contributed by atoms with Crippen molar-refractivity contribution in [1.82, 2.24) is 9.97 Å². The van der Waals surface area contributed by atoms with E-state index < -0.39 is 0 Å². The molecule has 1 amide bonds. The topological polar surface area (TPSA) is 69.9 Å². The van der Waals surface area contributed by atoms with Crippen LogP contribution in [0.4, 0.5) is 11.5 Å². The van der Waals surface area contributed by atoms with Crippen molar-refractivity contribution in [3.63, 3.8) is 0 Å². The molecule has 1 aromatic heterocycles. The summed E-state index contributed by atoms with van der Waals surface area (Å²) in [5, 5.41) is 10.2. The third kappa shape index (κ3) is 3.32. The quantitative estimate of drug-likeness (QED) is 0.640. The van der Waals surface area contributed by atoms with Crippen molar-refractivity contribution in [2.45, 2.75) is 12.1 Å². The van der Waals surface area contributed by atoms with E-state index in [-0.39, 0.29) is 17.3 Å². The molecule has 2 aromatic rings. The third-order valence-corrected chi connectivity index (χ3v) is 3.44. The fourth-order valence-corrected chi connectivity index (χ4v) is 2.29. The minimum Gasteiger partial charge on any atom is -0.274 e. The maximum atomic E-state index is 12.0. The zero-order valence-electron chi connectivity index (χ0n) is 11.4. The third-order valence-electron chi connectivity index (χ3n) is 2.64. The molecule has 0 spiro atoms. The van der Waals surface area contributed by atoms with E-state index in [0.717, 1.165) is 0 Å². The van der Waals surface area contributed by atoms with Crippen molar-refractivity contribution >= 4 is 40.8 Å². The van der Waals surface area contributed by atoms with Crippen LogP contribution in [0.3, 0.4) is 0 Å². The van der Waals surface area contributed by atoms with Gasteiger partial charge in [-0.05, 0) is 24.5 Å². The van der Waals surface area contributed by atoms with E-state index in [1.807, 2.05) is 12.3 Å². The van der Waals surface area contributed by atoms with Crippen molar-refractivity contribution in [2.75, 3.05) is 11.2 Å². The largest absolute Gasteiger partial charge is 0.274 e. The zero-order valence-corrected chi connectivity index (χ0v) is 12.9. The molecule has 0 aliphatic heterocycles. The average molecular weight is 319 g/mol. The molecule has 0 bridgehead atoms. The molecule has 7 heteroatoms. The Balaban J connectivity index is 2.63. The Hall–Kier alpha value is -2.10. The first-order valence-corrected chi connectivity index (χ1v) is 7.54. The number of nitriles is 1. The highest BCUT2D eigenvalue weighted by atomic mass is 35.5. The van der Waals surface area contributed by atoms with Crippen LogP contribution in [0, 0.1) is 11.3 Å². The standard InChI is InChI=1S/C14H11ClN4OS/c1-9(20)19(12-5-3-4-11(15)6-12)13-10(7-16)8-17-14(18-13)21-2/h3-6,8H,1-2H3. The average Bonchev–Trinajstić information content (AvgIpc) is 2.47. The van der Waals surface area contributed by atoms with Crippen molar-refractivity contribution < 1.29 is 4.79 Å². The molecule has 0 N–H and O–H groups in total. The number of carbonyl (C=O) groups is 1. The molecule has 0 radical (unpaired) electrons. The van der Waals surface area contributed by atoms with Gasteiger partial charge in [-0.15, -0.1) is 0 Å². The number of rotatable bonds is 3. The van der Waals surface area contributed by atoms with Crippen molar-refractivity contribution in [2.24, 2.45) is 0 Å². The number of anilines is 2. The van der Waals surface area contributed by atoms with Gasteiger partial charge in [0.1, 0.15) is 11.6 Å². The van der Waals surface area contributed by atoms with Gasteiger partial charge < -0.3 is 0 Å². The second-order valence-electron chi connectivity index (χ2n) is 4.04. The van der Waals surface area contributed by atoms with E-state index in [9.17, 15) is 10.1 Å². The number of amides is 1. The lowest BCUT2D eigenvalue weighted by molar-refractivity contribution is -0.115. The number of aromatic nitrogens is 2. The number of hydrogen-bond acceptors (Lipinski definition) is 5. The summed E-state index contributed by atoms with van der Waals surface area (Å²) in [6, 6.07) is 8.82. The van der Waals surface area contributed by atoms with Crippen LogP contribution < -0.4 is 4.90 Å². The minimum absolute atomic E-state index is 0.225. The Morgan fingerprint density at radius 2 is 2.24 bits per heavy atom. The molecule has 0 saturated heterocycles. The van der Waals surface area contributed by atoms with E-state index in [0.29, 0.717) is 15.9 Å². The van der Waals surface area contributed by atoms with E-state index in [1.54, 1.807) is 24.3 Å². The van der Waals surface area contributed by atoms with Gasteiger partial charge in [0.05, 0.1) is 11.9 Å². The second kappa shape index (κ2) is 6.57. The van der Waals surface area contributed by atoms with Crippen molar-refractivity contribution in [1.29, 1.82) is 5.26 Å².